The van der Waals surface area contributed by atoms with Crippen LogP contribution in [0.4, 0.5) is 4.39 Å². The summed E-state index contributed by atoms with van der Waals surface area (Å²) in [4.78, 5) is 25.4. The van der Waals surface area contributed by atoms with E-state index < -0.39 is 11.9 Å². The predicted octanol–water partition coefficient (Wildman–Crippen LogP) is 7.32. The molecule has 0 amide bonds. The van der Waals surface area contributed by atoms with Crippen molar-refractivity contribution in [3.8, 4) is 16.2 Å². The number of benzene rings is 3. The Kier molecular flexibility index (Phi) is 7.62. The van der Waals surface area contributed by atoms with Gasteiger partial charge in [0.2, 0.25) is 0 Å². The predicted molar refractivity (Wildman–Crippen MR) is 170 cm³/mol. The van der Waals surface area contributed by atoms with Gasteiger partial charge in [-0.3, -0.25) is 9.36 Å². The van der Waals surface area contributed by atoms with Crippen molar-refractivity contribution >= 4 is 44.9 Å². The molecule has 1 saturated heterocycles. The number of nitrogens with one attached hydrogen (secondary N) is 1. The molecular formula is C33H30ClFN4O2S. The molecule has 3 aromatic heterocycles. The Morgan fingerprint density at radius 2 is 1.79 bits per heavy atom. The maximum atomic E-state index is 14.4. The van der Waals surface area contributed by atoms with Crippen molar-refractivity contribution in [2.24, 2.45) is 0 Å². The average molecular weight is 601 g/mol. The number of halogens is 2. The normalized spacial score (nSPS) is 15.2. The van der Waals surface area contributed by atoms with Gasteiger partial charge in [-0.15, -0.1) is 23.7 Å². The molecule has 0 spiro atoms. The molecule has 9 heteroatoms. The summed E-state index contributed by atoms with van der Waals surface area (Å²) in [5, 5.41) is 11.3. The van der Waals surface area contributed by atoms with Crippen LogP contribution in [-0.4, -0.2) is 44.7 Å². The van der Waals surface area contributed by atoms with Crippen LogP contribution in [0.1, 0.15) is 41.8 Å². The lowest BCUT2D eigenvalue weighted by Crippen LogP contribution is -2.29. The molecule has 0 radical (unpaired) electrons. The van der Waals surface area contributed by atoms with Crippen LogP contribution in [0.2, 0.25) is 0 Å². The van der Waals surface area contributed by atoms with Gasteiger partial charge in [0.05, 0.1) is 16.4 Å². The van der Waals surface area contributed by atoms with Gasteiger partial charge in [0.1, 0.15) is 23.4 Å². The van der Waals surface area contributed by atoms with E-state index in [4.69, 9.17) is 4.98 Å². The third-order valence-corrected chi connectivity index (χ3v) is 9.38. The van der Waals surface area contributed by atoms with Gasteiger partial charge in [-0.2, -0.15) is 0 Å². The molecule has 3 aromatic carbocycles. The summed E-state index contributed by atoms with van der Waals surface area (Å²) in [7, 11) is 2.18. The molecule has 1 fully saturated rings. The molecule has 214 valence electrons. The van der Waals surface area contributed by atoms with Gasteiger partial charge in [-0.1, -0.05) is 36.4 Å². The van der Waals surface area contributed by atoms with E-state index in [1.807, 2.05) is 36.4 Å². The topological polar surface area (TPSA) is 74.2 Å². The van der Waals surface area contributed by atoms with Gasteiger partial charge < -0.3 is 15.0 Å². The lowest BCUT2D eigenvalue weighted by atomic mass is 9.89. The number of nitrogens with zero attached hydrogens (tertiary/aromatic N) is 3. The number of aromatic nitrogens is 3. The van der Waals surface area contributed by atoms with E-state index in [0.717, 1.165) is 39.3 Å². The number of fused-ring (bicyclic) bond motifs is 2. The number of phenolic OH excluding ortho intramolecular Hbond substituents is 1. The monoisotopic (exact) mass is 600 g/mol. The molecule has 7 rings (SSSR count). The maximum absolute atomic E-state index is 14.4. The summed E-state index contributed by atoms with van der Waals surface area (Å²) >= 11 is 1.57. The van der Waals surface area contributed by atoms with E-state index in [9.17, 15) is 14.3 Å². The molecule has 1 atom stereocenters. The van der Waals surface area contributed by atoms with Crippen molar-refractivity contribution in [1.29, 1.82) is 0 Å². The lowest BCUT2D eigenvalue weighted by molar-refractivity contribution is 0.255. The molecule has 1 unspecified atom stereocenters. The number of rotatable bonds is 5. The number of thiophene rings is 1. The fourth-order valence-electron chi connectivity index (χ4n) is 5.93. The summed E-state index contributed by atoms with van der Waals surface area (Å²) in [6.07, 6.45) is 4.05. The van der Waals surface area contributed by atoms with E-state index in [-0.39, 0.29) is 29.3 Å². The Morgan fingerprint density at radius 3 is 2.55 bits per heavy atom. The van der Waals surface area contributed by atoms with Crippen molar-refractivity contribution < 1.29 is 9.50 Å². The minimum atomic E-state index is -0.854. The highest BCUT2D eigenvalue weighted by atomic mass is 35.5. The number of piperidine rings is 1. The van der Waals surface area contributed by atoms with Gasteiger partial charge >= 0.3 is 0 Å². The Hall–Kier alpha value is -3.98. The minimum absolute atomic E-state index is 0. The Morgan fingerprint density at radius 1 is 1.02 bits per heavy atom. The first-order valence-electron chi connectivity index (χ1n) is 13.8. The first-order valence-corrected chi connectivity index (χ1v) is 14.6. The second-order valence-electron chi connectivity index (χ2n) is 10.9. The molecule has 42 heavy (non-hydrogen) atoms. The molecule has 4 heterocycles. The molecule has 6 nitrogen and oxygen atoms in total. The molecular weight excluding hydrogens is 571 g/mol. The van der Waals surface area contributed by atoms with Crippen LogP contribution in [0, 0.1) is 5.82 Å². The third-order valence-electron chi connectivity index (χ3n) is 8.23. The van der Waals surface area contributed by atoms with Gasteiger partial charge in [0, 0.05) is 21.3 Å². The summed E-state index contributed by atoms with van der Waals surface area (Å²) in [5.41, 5.74) is 3.98. The fourth-order valence-corrected chi connectivity index (χ4v) is 6.99. The molecule has 1 aliphatic rings. The van der Waals surface area contributed by atoms with Crippen LogP contribution >= 0.6 is 23.7 Å². The summed E-state index contributed by atoms with van der Waals surface area (Å²) in [6, 6.07) is 23.0. The summed E-state index contributed by atoms with van der Waals surface area (Å²) < 4.78 is 16.8. The van der Waals surface area contributed by atoms with Gasteiger partial charge in [-0.05, 0) is 92.5 Å². The van der Waals surface area contributed by atoms with Crippen LogP contribution < -0.4 is 5.56 Å². The number of hydrogen-bond donors (Lipinski definition) is 2. The van der Waals surface area contributed by atoms with Gasteiger partial charge in [-0.25, -0.2) is 9.37 Å². The number of pyridine rings is 1. The Balaban J connectivity index is 0.00000316. The number of likely N-dealkylation sites (tertiary alicyclic amines) is 1. The first kappa shape index (κ1) is 28.2. The number of aromatic amines is 1. The summed E-state index contributed by atoms with van der Waals surface area (Å²) in [6.45, 7) is 2.24. The maximum Gasteiger partial charge on any atom is 0.260 e. The van der Waals surface area contributed by atoms with Crippen LogP contribution in [0.25, 0.3) is 31.6 Å². The quantitative estimate of drug-likeness (QED) is 0.217. The van der Waals surface area contributed by atoms with Gasteiger partial charge in [0.15, 0.2) is 0 Å². The lowest BCUT2D eigenvalue weighted by Gasteiger charge is -2.29. The van der Waals surface area contributed by atoms with Crippen molar-refractivity contribution in [3.05, 3.63) is 118 Å². The minimum Gasteiger partial charge on any atom is -0.508 e. The molecule has 6 aromatic rings. The second kappa shape index (κ2) is 11.4. The van der Waals surface area contributed by atoms with Gasteiger partial charge in [0.25, 0.3) is 5.56 Å². The van der Waals surface area contributed by atoms with Crippen molar-refractivity contribution in [1.82, 2.24) is 19.4 Å². The molecule has 2 N–H and O–H groups in total. The van der Waals surface area contributed by atoms with Crippen LogP contribution in [0.3, 0.4) is 0 Å². The van der Waals surface area contributed by atoms with E-state index in [1.165, 1.54) is 41.2 Å². The summed E-state index contributed by atoms with van der Waals surface area (Å²) in [5.74, 6) is 0.409. The van der Waals surface area contributed by atoms with Crippen LogP contribution in [0.15, 0.2) is 89.9 Å². The number of H-pyrrole nitrogens is 1. The van der Waals surface area contributed by atoms with Crippen LogP contribution in [-0.2, 0) is 0 Å². The smallest absolute Gasteiger partial charge is 0.260 e. The van der Waals surface area contributed by atoms with Crippen molar-refractivity contribution in [2.75, 3.05) is 20.1 Å². The SMILES string of the molecule is CN1CCC(c2ccc(-c3cc4c(=O)n(C(c5nc6ccccc6[nH]5)c5cc(F)ccc5O)ccc4s3)cc2)CC1.Cl. The van der Waals surface area contributed by atoms with E-state index in [0.29, 0.717) is 17.1 Å². The average Bonchev–Trinajstić information content (AvgIpc) is 3.62. The second-order valence-corrected chi connectivity index (χ2v) is 11.9. The standard InChI is InChI=1S/C33H29FN4O2S.ClH/c1-37-15-12-21(13-16-37)20-6-8-22(9-7-20)30-19-25-29(41-30)14-17-38(33(25)40)31(24-18-23(34)10-11-28(24)39)32-35-26-4-2-3-5-27(26)36-32;/h2-11,14,17-19,21,31,39H,12-13,15-16H2,1H3,(H,35,36);1H. The number of imidazole rings is 1. The molecule has 0 bridgehead atoms. The Labute approximate surface area is 252 Å². The Bertz CT molecular complexity index is 1910. The van der Waals surface area contributed by atoms with Crippen molar-refractivity contribution in [3.63, 3.8) is 0 Å². The number of hydrogen-bond acceptors (Lipinski definition) is 5. The largest absolute Gasteiger partial charge is 0.508 e. The van der Waals surface area contributed by atoms with Crippen LogP contribution in [0.5, 0.6) is 5.75 Å². The zero-order valence-electron chi connectivity index (χ0n) is 23.0. The number of para-hydroxylation sites is 2. The van der Waals surface area contributed by atoms with Crippen molar-refractivity contribution in [2.45, 2.75) is 24.8 Å². The highest BCUT2D eigenvalue weighted by Crippen LogP contribution is 2.36. The number of aromatic hydroxyl groups is 1. The first-order chi connectivity index (χ1) is 19.9. The molecule has 0 aliphatic carbocycles. The fraction of sp³-hybridized carbons (Fsp3) is 0.212. The number of phenols is 1. The van der Waals surface area contributed by atoms with E-state index >= 15 is 0 Å². The van der Waals surface area contributed by atoms with E-state index in [2.05, 4.69) is 41.2 Å². The third kappa shape index (κ3) is 5.11. The zero-order valence-corrected chi connectivity index (χ0v) is 24.6. The molecule has 1 aliphatic heterocycles. The zero-order chi connectivity index (χ0) is 28.1. The highest BCUT2D eigenvalue weighted by molar-refractivity contribution is 7.22. The molecule has 0 saturated carbocycles. The highest BCUT2D eigenvalue weighted by Gasteiger charge is 2.26. The van der Waals surface area contributed by atoms with E-state index in [1.54, 1.807) is 17.5 Å².